The van der Waals surface area contributed by atoms with E-state index < -0.39 is 0 Å². The third kappa shape index (κ3) is 6.15. The van der Waals surface area contributed by atoms with Crippen LogP contribution in [-0.4, -0.2) is 57.3 Å². The number of aromatic nitrogens is 2. The lowest BCUT2D eigenvalue weighted by Gasteiger charge is -2.14. The van der Waals surface area contributed by atoms with E-state index in [0.717, 1.165) is 17.2 Å². The molecule has 2 N–H and O–H groups in total. The van der Waals surface area contributed by atoms with Gasteiger partial charge in [0.25, 0.3) is 0 Å². The van der Waals surface area contributed by atoms with E-state index in [-0.39, 0.29) is 5.91 Å². The van der Waals surface area contributed by atoms with Gasteiger partial charge >= 0.3 is 0 Å². The van der Waals surface area contributed by atoms with Crippen LogP contribution in [-0.2, 0) is 4.79 Å². The summed E-state index contributed by atoms with van der Waals surface area (Å²) in [5, 5.41) is 6.02. The highest BCUT2D eigenvalue weighted by molar-refractivity contribution is 5.91. The lowest BCUT2D eigenvalue weighted by molar-refractivity contribution is -0.116. The molecule has 0 spiro atoms. The highest BCUT2D eigenvalue weighted by Gasteiger charge is 2.04. The van der Waals surface area contributed by atoms with Crippen molar-refractivity contribution in [1.82, 2.24) is 15.3 Å². The summed E-state index contributed by atoms with van der Waals surface area (Å²) in [4.78, 5) is 22.6. The van der Waals surface area contributed by atoms with Gasteiger partial charge < -0.3 is 25.0 Å². The zero-order valence-corrected chi connectivity index (χ0v) is 16.9. The first-order valence-electron chi connectivity index (χ1n) is 8.87. The Balaban J connectivity index is 1.82. The summed E-state index contributed by atoms with van der Waals surface area (Å²) in [5.74, 6) is 3.34. The topological polar surface area (TPSA) is 88.6 Å². The molecule has 1 heterocycles. The molecule has 0 radical (unpaired) electrons. The quantitative estimate of drug-likeness (QED) is 0.505. The van der Waals surface area contributed by atoms with Crippen LogP contribution in [0.2, 0.25) is 0 Å². The average molecular weight is 385 g/mol. The van der Waals surface area contributed by atoms with E-state index in [1.54, 1.807) is 26.4 Å². The Labute approximate surface area is 165 Å². The van der Waals surface area contributed by atoms with Crippen molar-refractivity contribution < 1.29 is 14.3 Å². The molecule has 2 rings (SSSR count). The lowest BCUT2D eigenvalue weighted by atomic mass is 10.2. The molecule has 0 aliphatic heterocycles. The van der Waals surface area contributed by atoms with Crippen LogP contribution in [0.4, 0.5) is 11.6 Å². The second-order valence-corrected chi connectivity index (χ2v) is 6.22. The van der Waals surface area contributed by atoms with E-state index >= 15 is 0 Å². The molecule has 28 heavy (non-hydrogen) atoms. The molecule has 0 fully saturated rings. The molecule has 0 unspecified atom stereocenters. The predicted octanol–water partition coefficient (Wildman–Crippen LogP) is 2.11. The molecule has 0 aliphatic rings. The van der Waals surface area contributed by atoms with Crippen molar-refractivity contribution in [3.05, 3.63) is 41.7 Å². The van der Waals surface area contributed by atoms with Crippen LogP contribution in [0.1, 0.15) is 11.4 Å². The zero-order chi connectivity index (χ0) is 20.5. The number of carbonyl (C=O) groups excluding carboxylic acids is 1. The van der Waals surface area contributed by atoms with Crippen LogP contribution >= 0.6 is 0 Å². The van der Waals surface area contributed by atoms with E-state index in [4.69, 9.17) is 9.47 Å². The smallest absolute Gasteiger partial charge is 0.244 e. The molecule has 8 nitrogen and oxygen atoms in total. The van der Waals surface area contributed by atoms with Gasteiger partial charge in [0.2, 0.25) is 5.91 Å². The molecular weight excluding hydrogens is 358 g/mol. The number of nitrogens with zero attached hydrogens (tertiary/aromatic N) is 3. The van der Waals surface area contributed by atoms with E-state index in [1.807, 2.05) is 44.1 Å². The van der Waals surface area contributed by atoms with Gasteiger partial charge in [0.05, 0.1) is 14.2 Å². The average Bonchev–Trinajstić information content (AvgIpc) is 2.68. The van der Waals surface area contributed by atoms with Crippen LogP contribution in [0.25, 0.3) is 6.08 Å². The Morgan fingerprint density at radius 3 is 2.54 bits per heavy atom. The number of amides is 1. The van der Waals surface area contributed by atoms with Gasteiger partial charge in [-0.2, -0.15) is 0 Å². The Kier molecular flexibility index (Phi) is 7.62. The van der Waals surface area contributed by atoms with Crippen molar-refractivity contribution in [3.63, 3.8) is 0 Å². The van der Waals surface area contributed by atoms with Gasteiger partial charge in [-0.3, -0.25) is 4.79 Å². The molecule has 1 aromatic heterocycles. The molecular formula is C20H27N5O3. The number of methoxy groups -OCH3 is 2. The second-order valence-electron chi connectivity index (χ2n) is 6.22. The first-order chi connectivity index (χ1) is 13.4. The Hall–Kier alpha value is -3.29. The third-order valence-electron chi connectivity index (χ3n) is 3.85. The minimum atomic E-state index is -0.176. The Morgan fingerprint density at radius 2 is 1.86 bits per heavy atom. The van der Waals surface area contributed by atoms with Crippen molar-refractivity contribution in [1.29, 1.82) is 0 Å². The minimum absolute atomic E-state index is 0.176. The van der Waals surface area contributed by atoms with E-state index in [0.29, 0.717) is 30.4 Å². The summed E-state index contributed by atoms with van der Waals surface area (Å²) < 4.78 is 10.5. The van der Waals surface area contributed by atoms with Gasteiger partial charge in [-0.15, -0.1) is 0 Å². The zero-order valence-electron chi connectivity index (χ0n) is 16.9. The molecule has 1 aromatic carbocycles. The standard InChI is InChI=1S/C20H27N5O3/c1-14-23-18(13-19(24-14)25(2)3)21-10-11-22-20(26)9-7-15-6-8-16(27-4)17(12-15)28-5/h6-9,12-13H,10-11H2,1-5H3,(H,22,26)(H,21,23,24). The highest BCUT2D eigenvalue weighted by atomic mass is 16.5. The molecule has 8 heteroatoms. The van der Waals surface area contributed by atoms with Crippen LogP contribution in [0, 0.1) is 6.92 Å². The van der Waals surface area contributed by atoms with E-state index in [1.165, 1.54) is 6.08 Å². The first kappa shape index (κ1) is 21.0. The van der Waals surface area contributed by atoms with Crippen molar-refractivity contribution in [3.8, 4) is 11.5 Å². The maximum Gasteiger partial charge on any atom is 0.244 e. The van der Waals surface area contributed by atoms with Crippen LogP contribution in [0.15, 0.2) is 30.3 Å². The van der Waals surface area contributed by atoms with E-state index in [2.05, 4.69) is 20.6 Å². The predicted molar refractivity (Wildman–Crippen MR) is 111 cm³/mol. The molecule has 0 aliphatic carbocycles. The maximum atomic E-state index is 12.0. The largest absolute Gasteiger partial charge is 0.493 e. The minimum Gasteiger partial charge on any atom is -0.493 e. The fourth-order valence-electron chi connectivity index (χ4n) is 2.44. The summed E-state index contributed by atoms with van der Waals surface area (Å²) in [7, 11) is 7.01. The second kappa shape index (κ2) is 10.1. The Bertz CT molecular complexity index is 837. The van der Waals surface area contributed by atoms with Gasteiger partial charge in [-0.25, -0.2) is 9.97 Å². The van der Waals surface area contributed by atoms with Gasteiger partial charge in [0, 0.05) is 39.3 Å². The molecule has 150 valence electrons. The molecule has 2 aromatic rings. The maximum absolute atomic E-state index is 12.0. The van der Waals surface area contributed by atoms with Crippen molar-refractivity contribution in [2.24, 2.45) is 0 Å². The van der Waals surface area contributed by atoms with Gasteiger partial charge in [-0.1, -0.05) is 6.07 Å². The number of ether oxygens (including phenoxy) is 2. The van der Waals surface area contributed by atoms with Crippen molar-refractivity contribution in [2.45, 2.75) is 6.92 Å². The summed E-state index contributed by atoms with van der Waals surface area (Å²) >= 11 is 0. The molecule has 1 amide bonds. The van der Waals surface area contributed by atoms with Crippen LogP contribution in [0.3, 0.4) is 0 Å². The SMILES string of the molecule is COc1ccc(C=CC(=O)NCCNc2cc(N(C)C)nc(C)n2)cc1OC. The first-order valence-corrected chi connectivity index (χ1v) is 8.87. The van der Waals surface area contributed by atoms with Gasteiger partial charge in [-0.05, 0) is 30.7 Å². The third-order valence-corrected chi connectivity index (χ3v) is 3.85. The number of nitrogens with one attached hydrogen (secondary N) is 2. The van der Waals surface area contributed by atoms with Gasteiger partial charge in [0.1, 0.15) is 17.5 Å². The van der Waals surface area contributed by atoms with Crippen LogP contribution in [0.5, 0.6) is 11.5 Å². The van der Waals surface area contributed by atoms with Crippen molar-refractivity contribution >= 4 is 23.6 Å². The summed E-state index contributed by atoms with van der Waals surface area (Å²) in [6.07, 6.45) is 3.21. The Morgan fingerprint density at radius 1 is 1.11 bits per heavy atom. The lowest BCUT2D eigenvalue weighted by Crippen LogP contribution is -2.27. The highest BCUT2D eigenvalue weighted by Crippen LogP contribution is 2.27. The summed E-state index contributed by atoms with van der Waals surface area (Å²) in [5.41, 5.74) is 0.846. The van der Waals surface area contributed by atoms with Crippen molar-refractivity contribution in [2.75, 3.05) is 51.6 Å². The van der Waals surface area contributed by atoms with Crippen LogP contribution < -0.4 is 25.0 Å². The summed E-state index contributed by atoms with van der Waals surface area (Å²) in [6.45, 7) is 2.87. The van der Waals surface area contributed by atoms with Gasteiger partial charge in [0.15, 0.2) is 11.5 Å². The normalized spacial score (nSPS) is 10.6. The number of hydrogen-bond donors (Lipinski definition) is 2. The molecule has 0 bridgehead atoms. The fourth-order valence-corrected chi connectivity index (χ4v) is 2.44. The number of rotatable bonds is 9. The molecule has 0 saturated heterocycles. The number of hydrogen-bond acceptors (Lipinski definition) is 7. The monoisotopic (exact) mass is 385 g/mol. The van der Waals surface area contributed by atoms with E-state index in [9.17, 15) is 4.79 Å². The fraction of sp³-hybridized carbons (Fsp3) is 0.350. The molecule has 0 atom stereocenters. The molecule has 0 saturated carbocycles. The number of aryl methyl sites for hydroxylation is 1. The number of carbonyl (C=O) groups is 1. The number of anilines is 2. The number of benzene rings is 1. The summed E-state index contributed by atoms with van der Waals surface area (Å²) in [6, 6.07) is 7.33.